The first-order valence-corrected chi connectivity index (χ1v) is 7.74. The van der Waals surface area contributed by atoms with Crippen LogP contribution < -0.4 is 5.32 Å². The molecule has 2 rings (SSSR count). The highest BCUT2D eigenvalue weighted by Gasteiger charge is 2.27. The summed E-state index contributed by atoms with van der Waals surface area (Å²) in [6.45, 7) is 11.6. The third-order valence-electron chi connectivity index (χ3n) is 3.27. The van der Waals surface area contributed by atoms with Gasteiger partial charge in [0.25, 0.3) is 0 Å². The smallest absolute Gasteiger partial charge is 0.131 e. The van der Waals surface area contributed by atoms with Gasteiger partial charge >= 0.3 is 0 Å². The molecule has 20 heavy (non-hydrogen) atoms. The topological polar surface area (TPSA) is 37.8 Å². The van der Waals surface area contributed by atoms with Crippen LogP contribution in [0.1, 0.15) is 50.2 Å². The number of aromatic nitrogens is 2. The second-order valence-electron chi connectivity index (χ2n) is 6.60. The van der Waals surface area contributed by atoms with E-state index in [1.807, 2.05) is 6.07 Å². The molecule has 0 saturated carbocycles. The van der Waals surface area contributed by atoms with E-state index in [0.717, 1.165) is 16.6 Å². The van der Waals surface area contributed by atoms with Gasteiger partial charge in [-0.25, -0.2) is 0 Å². The average Bonchev–Trinajstić information content (AvgIpc) is 2.86. The molecule has 4 heteroatoms. The summed E-state index contributed by atoms with van der Waals surface area (Å²) in [5.74, 6) is 0. The van der Waals surface area contributed by atoms with Crippen LogP contribution in [0.4, 0.5) is 0 Å². The number of rotatable bonds is 4. The zero-order valence-electron chi connectivity index (χ0n) is 12.9. The normalized spacial score (nSPS) is 12.7. The van der Waals surface area contributed by atoms with Gasteiger partial charge in [-0.2, -0.15) is 0 Å². The Hall–Kier alpha value is -1.26. The summed E-state index contributed by atoms with van der Waals surface area (Å²) in [6, 6.07) is 10.5. The molecular weight excluding hydrogens is 266 g/mol. The predicted molar refractivity (Wildman–Crippen MR) is 85.1 cm³/mol. The van der Waals surface area contributed by atoms with Gasteiger partial charge in [0, 0.05) is 11.0 Å². The van der Waals surface area contributed by atoms with E-state index in [1.165, 1.54) is 5.56 Å². The molecule has 1 heterocycles. The van der Waals surface area contributed by atoms with Crippen molar-refractivity contribution in [3.05, 3.63) is 45.9 Å². The third kappa shape index (κ3) is 3.64. The Morgan fingerprint density at radius 1 is 1.00 bits per heavy atom. The van der Waals surface area contributed by atoms with Crippen molar-refractivity contribution in [3.63, 3.8) is 0 Å². The van der Waals surface area contributed by atoms with E-state index in [0.29, 0.717) is 0 Å². The lowest BCUT2D eigenvalue weighted by Crippen LogP contribution is -2.35. The Balaban J connectivity index is 2.16. The minimum absolute atomic E-state index is 0.0980. The minimum atomic E-state index is -0.0983. The first-order valence-electron chi connectivity index (χ1n) is 6.92. The Kier molecular flexibility index (Phi) is 4.25. The van der Waals surface area contributed by atoms with E-state index >= 15 is 0 Å². The molecule has 1 aromatic carbocycles. The van der Waals surface area contributed by atoms with Crippen molar-refractivity contribution in [3.8, 4) is 0 Å². The molecule has 0 radical (unpaired) electrons. The van der Waals surface area contributed by atoms with Gasteiger partial charge in [-0.15, -0.1) is 10.2 Å². The zero-order chi connectivity index (χ0) is 14.8. The van der Waals surface area contributed by atoms with Crippen LogP contribution in [0.5, 0.6) is 0 Å². The third-order valence-corrected chi connectivity index (χ3v) is 4.51. The molecule has 1 N–H and O–H groups in total. The molecule has 0 aliphatic carbocycles. The summed E-state index contributed by atoms with van der Waals surface area (Å²) in [4.78, 5) is 0. The van der Waals surface area contributed by atoms with E-state index in [9.17, 15) is 0 Å². The highest BCUT2D eigenvalue weighted by atomic mass is 32.1. The van der Waals surface area contributed by atoms with E-state index < -0.39 is 0 Å². The maximum atomic E-state index is 4.39. The molecule has 0 unspecified atom stereocenters. The second kappa shape index (κ2) is 5.62. The van der Waals surface area contributed by atoms with Crippen molar-refractivity contribution in [1.29, 1.82) is 0 Å². The molecule has 3 nitrogen and oxygen atoms in total. The lowest BCUT2D eigenvalue weighted by atomic mass is 9.85. The quantitative estimate of drug-likeness (QED) is 0.931. The first-order chi connectivity index (χ1) is 9.29. The number of hydrogen-bond donors (Lipinski definition) is 1. The van der Waals surface area contributed by atoms with Gasteiger partial charge in [0.2, 0.25) is 0 Å². The van der Waals surface area contributed by atoms with E-state index in [-0.39, 0.29) is 11.0 Å². The Bertz CT molecular complexity index is 553. The lowest BCUT2D eigenvalue weighted by Gasteiger charge is -2.21. The minimum Gasteiger partial charge on any atom is -0.306 e. The van der Waals surface area contributed by atoms with Crippen LogP contribution in [0.3, 0.4) is 0 Å². The fourth-order valence-electron chi connectivity index (χ4n) is 1.90. The Morgan fingerprint density at radius 3 is 2.25 bits per heavy atom. The van der Waals surface area contributed by atoms with Crippen molar-refractivity contribution in [2.45, 2.75) is 52.1 Å². The standard InChI is InChI=1S/C16H23N3S/c1-15(2,3)17-11-13-18-19-14(20-13)16(4,5)12-9-7-6-8-10-12/h6-10,17H,11H2,1-5H3. The Labute approximate surface area is 125 Å². The van der Waals surface area contributed by atoms with Crippen LogP contribution in [0, 0.1) is 0 Å². The fourth-order valence-corrected chi connectivity index (χ4v) is 2.80. The molecule has 0 spiro atoms. The lowest BCUT2D eigenvalue weighted by molar-refractivity contribution is 0.423. The molecule has 0 atom stereocenters. The number of nitrogens with zero attached hydrogens (tertiary/aromatic N) is 2. The van der Waals surface area contributed by atoms with Crippen LogP contribution in [-0.4, -0.2) is 15.7 Å². The van der Waals surface area contributed by atoms with Crippen LogP contribution in [0.2, 0.25) is 0 Å². The van der Waals surface area contributed by atoms with Crippen molar-refractivity contribution in [2.24, 2.45) is 0 Å². The zero-order valence-corrected chi connectivity index (χ0v) is 13.7. The van der Waals surface area contributed by atoms with Crippen molar-refractivity contribution in [2.75, 3.05) is 0 Å². The maximum absolute atomic E-state index is 4.39. The summed E-state index contributed by atoms with van der Waals surface area (Å²) < 4.78 is 0. The molecular formula is C16H23N3S. The number of nitrogens with one attached hydrogen (secondary N) is 1. The monoisotopic (exact) mass is 289 g/mol. The highest BCUT2D eigenvalue weighted by molar-refractivity contribution is 7.11. The molecule has 2 aromatic rings. The summed E-state index contributed by atoms with van der Waals surface area (Å²) >= 11 is 1.69. The van der Waals surface area contributed by atoms with Gasteiger partial charge in [-0.05, 0) is 40.2 Å². The van der Waals surface area contributed by atoms with Crippen LogP contribution in [0.15, 0.2) is 30.3 Å². The van der Waals surface area contributed by atoms with Crippen molar-refractivity contribution in [1.82, 2.24) is 15.5 Å². The summed E-state index contributed by atoms with van der Waals surface area (Å²) in [5.41, 5.74) is 1.27. The van der Waals surface area contributed by atoms with E-state index in [4.69, 9.17) is 0 Å². The van der Waals surface area contributed by atoms with Gasteiger partial charge in [-0.3, -0.25) is 0 Å². The summed E-state index contributed by atoms with van der Waals surface area (Å²) in [7, 11) is 0. The predicted octanol–water partition coefficient (Wildman–Crippen LogP) is 3.75. The van der Waals surface area contributed by atoms with Crippen LogP contribution in [0.25, 0.3) is 0 Å². The number of hydrogen-bond acceptors (Lipinski definition) is 4. The van der Waals surface area contributed by atoms with Gasteiger partial charge in [-0.1, -0.05) is 41.7 Å². The molecule has 108 valence electrons. The summed E-state index contributed by atoms with van der Waals surface area (Å²) in [6.07, 6.45) is 0. The van der Waals surface area contributed by atoms with Crippen LogP contribution in [-0.2, 0) is 12.0 Å². The van der Waals surface area contributed by atoms with Crippen molar-refractivity contribution < 1.29 is 0 Å². The molecule has 0 aliphatic rings. The molecule has 0 bridgehead atoms. The van der Waals surface area contributed by atoms with Gasteiger partial charge in [0.1, 0.15) is 10.0 Å². The molecule has 0 fully saturated rings. The SMILES string of the molecule is CC(C)(C)NCc1nnc(C(C)(C)c2ccccc2)s1. The fraction of sp³-hybridized carbons (Fsp3) is 0.500. The largest absolute Gasteiger partial charge is 0.306 e. The Morgan fingerprint density at radius 2 is 1.65 bits per heavy atom. The van der Waals surface area contributed by atoms with Gasteiger partial charge in [0.15, 0.2) is 0 Å². The summed E-state index contributed by atoms with van der Waals surface area (Å²) in [5, 5.41) is 14.3. The van der Waals surface area contributed by atoms with Gasteiger partial charge in [0.05, 0.1) is 6.54 Å². The second-order valence-corrected chi connectivity index (χ2v) is 7.66. The van der Waals surface area contributed by atoms with Crippen LogP contribution >= 0.6 is 11.3 Å². The van der Waals surface area contributed by atoms with E-state index in [2.05, 4.69) is 74.4 Å². The van der Waals surface area contributed by atoms with Crippen molar-refractivity contribution >= 4 is 11.3 Å². The first kappa shape index (κ1) is 15.1. The highest BCUT2D eigenvalue weighted by Crippen LogP contribution is 2.33. The maximum Gasteiger partial charge on any atom is 0.131 e. The van der Waals surface area contributed by atoms with E-state index in [1.54, 1.807) is 11.3 Å². The molecule has 1 aromatic heterocycles. The van der Waals surface area contributed by atoms with Gasteiger partial charge < -0.3 is 5.32 Å². The average molecular weight is 289 g/mol. The number of benzene rings is 1. The molecule has 0 saturated heterocycles. The molecule has 0 amide bonds. The molecule has 0 aliphatic heterocycles.